The molecular weight excluding hydrogens is 244 g/mol. The van der Waals surface area contributed by atoms with Crippen LogP contribution in [0.5, 0.6) is 0 Å². The molecule has 0 saturated carbocycles. The molecular formula is C12H21F2NO3. The first-order valence-corrected chi connectivity index (χ1v) is 6.19. The van der Waals surface area contributed by atoms with Crippen molar-refractivity contribution in [2.24, 2.45) is 0 Å². The van der Waals surface area contributed by atoms with Crippen LogP contribution >= 0.6 is 0 Å². The molecule has 4 nitrogen and oxygen atoms in total. The van der Waals surface area contributed by atoms with Crippen molar-refractivity contribution >= 4 is 6.09 Å². The molecule has 1 saturated heterocycles. The predicted molar refractivity (Wildman–Crippen MR) is 62.5 cm³/mol. The van der Waals surface area contributed by atoms with Crippen molar-refractivity contribution in [3.63, 3.8) is 0 Å². The fourth-order valence-electron chi connectivity index (χ4n) is 1.99. The second-order valence-corrected chi connectivity index (χ2v) is 5.39. The SMILES string of the molecule is CC(C)(C)OC(=O)N1CCC[C@H]1CCOC(F)F. The number of amides is 1. The maximum atomic E-state index is 11.9. The van der Waals surface area contributed by atoms with Gasteiger partial charge in [-0.1, -0.05) is 0 Å². The third-order valence-electron chi connectivity index (χ3n) is 2.70. The lowest BCUT2D eigenvalue weighted by Gasteiger charge is -2.28. The Morgan fingerprint density at radius 1 is 1.44 bits per heavy atom. The number of rotatable bonds is 4. The zero-order valence-electron chi connectivity index (χ0n) is 11.1. The van der Waals surface area contributed by atoms with Crippen LogP contribution in [0.15, 0.2) is 0 Å². The van der Waals surface area contributed by atoms with Crippen LogP contribution in [0.3, 0.4) is 0 Å². The summed E-state index contributed by atoms with van der Waals surface area (Å²) in [5.74, 6) is 0. The minimum absolute atomic E-state index is 0.0400. The molecule has 0 unspecified atom stereocenters. The van der Waals surface area contributed by atoms with E-state index in [4.69, 9.17) is 4.74 Å². The summed E-state index contributed by atoms with van der Waals surface area (Å²) in [4.78, 5) is 13.5. The predicted octanol–water partition coefficient (Wildman–Crippen LogP) is 3.02. The fourth-order valence-corrected chi connectivity index (χ4v) is 1.99. The smallest absolute Gasteiger partial charge is 0.410 e. The van der Waals surface area contributed by atoms with Crippen molar-refractivity contribution in [3.05, 3.63) is 0 Å². The molecule has 0 radical (unpaired) electrons. The summed E-state index contributed by atoms with van der Waals surface area (Å²) in [6.07, 6.45) is 1.73. The van der Waals surface area contributed by atoms with Crippen LogP contribution in [0.25, 0.3) is 0 Å². The zero-order chi connectivity index (χ0) is 13.8. The largest absolute Gasteiger partial charge is 0.444 e. The zero-order valence-corrected chi connectivity index (χ0v) is 11.1. The molecule has 0 bridgehead atoms. The van der Waals surface area contributed by atoms with Crippen molar-refractivity contribution in [1.29, 1.82) is 0 Å². The molecule has 1 amide bonds. The van der Waals surface area contributed by atoms with Gasteiger partial charge in [-0.3, -0.25) is 0 Å². The van der Waals surface area contributed by atoms with Crippen molar-refractivity contribution < 1.29 is 23.0 Å². The van der Waals surface area contributed by atoms with E-state index in [9.17, 15) is 13.6 Å². The first kappa shape index (κ1) is 15.1. The number of ether oxygens (including phenoxy) is 2. The average molecular weight is 265 g/mol. The van der Waals surface area contributed by atoms with E-state index >= 15 is 0 Å². The number of nitrogens with zero attached hydrogens (tertiary/aromatic N) is 1. The summed E-state index contributed by atoms with van der Waals surface area (Å²) in [5.41, 5.74) is -0.538. The summed E-state index contributed by atoms with van der Waals surface area (Å²) < 4.78 is 33.2. The van der Waals surface area contributed by atoms with Gasteiger partial charge in [0.2, 0.25) is 0 Å². The Hall–Kier alpha value is -0.910. The van der Waals surface area contributed by atoms with Gasteiger partial charge in [0.25, 0.3) is 0 Å². The number of hydrogen-bond acceptors (Lipinski definition) is 3. The molecule has 1 aliphatic rings. The first-order chi connectivity index (χ1) is 8.29. The second-order valence-electron chi connectivity index (χ2n) is 5.39. The van der Waals surface area contributed by atoms with Gasteiger partial charge in [0.15, 0.2) is 0 Å². The number of likely N-dealkylation sites (tertiary alicyclic amines) is 1. The molecule has 1 fully saturated rings. The van der Waals surface area contributed by atoms with Crippen LogP contribution in [-0.2, 0) is 9.47 Å². The molecule has 0 aromatic rings. The van der Waals surface area contributed by atoms with Gasteiger partial charge >= 0.3 is 12.7 Å². The van der Waals surface area contributed by atoms with E-state index in [0.29, 0.717) is 13.0 Å². The molecule has 106 valence electrons. The Morgan fingerprint density at radius 2 is 2.11 bits per heavy atom. The van der Waals surface area contributed by atoms with Crippen molar-refractivity contribution in [2.45, 2.75) is 58.3 Å². The molecule has 1 atom stereocenters. The van der Waals surface area contributed by atoms with Crippen LogP contribution in [0.1, 0.15) is 40.0 Å². The van der Waals surface area contributed by atoms with Crippen molar-refractivity contribution in [2.75, 3.05) is 13.2 Å². The summed E-state index contributed by atoms with van der Waals surface area (Å²) in [6, 6.07) is -0.0569. The molecule has 0 aliphatic carbocycles. The Balaban J connectivity index is 2.41. The molecule has 0 N–H and O–H groups in total. The number of hydrogen-bond donors (Lipinski definition) is 0. The second kappa shape index (κ2) is 6.31. The summed E-state index contributed by atoms with van der Waals surface area (Å²) in [6.45, 7) is 3.23. The van der Waals surface area contributed by atoms with E-state index in [1.54, 1.807) is 25.7 Å². The highest BCUT2D eigenvalue weighted by molar-refractivity contribution is 5.68. The molecule has 1 heterocycles. The summed E-state index contributed by atoms with van der Waals surface area (Å²) in [7, 11) is 0. The van der Waals surface area contributed by atoms with Crippen LogP contribution < -0.4 is 0 Å². The van der Waals surface area contributed by atoms with Gasteiger partial charge in [-0.25, -0.2) is 4.79 Å². The Kier molecular flexibility index (Phi) is 5.31. The van der Waals surface area contributed by atoms with Gasteiger partial charge in [-0.2, -0.15) is 8.78 Å². The number of carbonyl (C=O) groups is 1. The van der Waals surface area contributed by atoms with E-state index in [-0.39, 0.29) is 18.7 Å². The fraction of sp³-hybridized carbons (Fsp3) is 0.917. The normalized spacial score (nSPS) is 20.6. The monoisotopic (exact) mass is 265 g/mol. The quantitative estimate of drug-likeness (QED) is 0.784. The van der Waals surface area contributed by atoms with Gasteiger partial charge in [-0.15, -0.1) is 0 Å². The van der Waals surface area contributed by atoms with Gasteiger partial charge in [0.05, 0.1) is 6.61 Å². The summed E-state index contributed by atoms with van der Waals surface area (Å²) in [5, 5.41) is 0. The highest BCUT2D eigenvalue weighted by atomic mass is 19.3. The Labute approximate surface area is 106 Å². The van der Waals surface area contributed by atoms with Crippen LogP contribution in [-0.4, -0.2) is 42.4 Å². The molecule has 0 spiro atoms. The Morgan fingerprint density at radius 3 is 2.67 bits per heavy atom. The third-order valence-corrected chi connectivity index (χ3v) is 2.70. The lowest BCUT2D eigenvalue weighted by atomic mass is 10.1. The number of halogens is 2. The standard InChI is InChI=1S/C12H21F2NO3/c1-12(2,3)18-11(16)15-7-4-5-9(15)6-8-17-10(13)14/h9-10H,4-8H2,1-3H3/t9-/m0/s1. The van der Waals surface area contributed by atoms with Crippen LogP contribution in [0.4, 0.5) is 13.6 Å². The molecule has 0 aromatic carbocycles. The van der Waals surface area contributed by atoms with Gasteiger partial charge in [0, 0.05) is 12.6 Å². The maximum Gasteiger partial charge on any atom is 0.410 e. The number of alkyl halides is 2. The van der Waals surface area contributed by atoms with E-state index in [0.717, 1.165) is 12.8 Å². The van der Waals surface area contributed by atoms with Crippen molar-refractivity contribution in [1.82, 2.24) is 4.90 Å². The van der Waals surface area contributed by atoms with Crippen molar-refractivity contribution in [3.8, 4) is 0 Å². The van der Waals surface area contributed by atoms with E-state index < -0.39 is 12.2 Å². The first-order valence-electron chi connectivity index (χ1n) is 6.19. The highest BCUT2D eigenvalue weighted by Crippen LogP contribution is 2.23. The van der Waals surface area contributed by atoms with E-state index in [1.807, 2.05) is 0 Å². The van der Waals surface area contributed by atoms with Gasteiger partial charge < -0.3 is 14.4 Å². The van der Waals surface area contributed by atoms with Gasteiger partial charge in [0.1, 0.15) is 5.60 Å². The van der Waals surface area contributed by atoms with Crippen LogP contribution in [0.2, 0.25) is 0 Å². The van der Waals surface area contributed by atoms with Crippen LogP contribution in [0, 0.1) is 0 Å². The maximum absolute atomic E-state index is 11.9. The average Bonchev–Trinajstić information content (AvgIpc) is 2.62. The topological polar surface area (TPSA) is 38.8 Å². The molecule has 0 aromatic heterocycles. The molecule has 6 heteroatoms. The van der Waals surface area contributed by atoms with E-state index in [2.05, 4.69) is 4.74 Å². The van der Waals surface area contributed by atoms with E-state index in [1.165, 1.54) is 0 Å². The molecule has 1 aliphatic heterocycles. The molecule has 1 rings (SSSR count). The Bertz CT molecular complexity index is 279. The lowest BCUT2D eigenvalue weighted by molar-refractivity contribution is -0.131. The lowest BCUT2D eigenvalue weighted by Crippen LogP contribution is -2.40. The molecule has 18 heavy (non-hydrogen) atoms. The van der Waals surface area contributed by atoms with Gasteiger partial charge in [-0.05, 0) is 40.0 Å². The minimum atomic E-state index is -2.75. The minimum Gasteiger partial charge on any atom is -0.444 e. The highest BCUT2D eigenvalue weighted by Gasteiger charge is 2.31. The third kappa shape index (κ3) is 5.16. The summed E-state index contributed by atoms with van der Waals surface area (Å²) >= 11 is 0. The number of carbonyl (C=O) groups excluding carboxylic acids is 1.